The SMILES string of the molecule is CCCCc1ccc(/C=N/N=C/c2cc(F)c(CC)c(F)c2)cc1. The van der Waals surface area contributed by atoms with Crippen molar-refractivity contribution in [3.8, 4) is 0 Å². The monoisotopic (exact) mass is 328 g/mol. The van der Waals surface area contributed by atoms with Crippen molar-refractivity contribution in [2.75, 3.05) is 0 Å². The molecule has 2 rings (SSSR count). The summed E-state index contributed by atoms with van der Waals surface area (Å²) in [6, 6.07) is 10.7. The van der Waals surface area contributed by atoms with Gasteiger partial charge in [-0.25, -0.2) is 8.78 Å². The number of aryl methyl sites for hydroxylation is 1. The summed E-state index contributed by atoms with van der Waals surface area (Å²) in [6.07, 6.45) is 6.73. The number of hydrogen-bond acceptors (Lipinski definition) is 2. The predicted molar refractivity (Wildman–Crippen MR) is 96.0 cm³/mol. The molecule has 0 saturated heterocycles. The van der Waals surface area contributed by atoms with Crippen molar-refractivity contribution in [2.45, 2.75) is 39.5 Å². The smallest absolute Gasteiger partial charge is 0.129 e. The van der Waals surface area contributed by atoms with Crippen LogP contribution in [0.1, 0.15) is 48.9 Å². The highest BCUT2D eigenvalue weighted by atomic mass is 19.1. The zero-order chi connectivity index (χ0) is 17.4. The Morgan fingerprint density at radius 2 is 1.46 bits per heavy atom. The third-order valence-electron chi connectivity index (χ3n) is 3.80. The van der Waals surface area contributed by atoms with Gasteiger partial charge in [-0.3, -0.25) is 0 Å². The van der Waals surface area contributed by atoms with Gasteiger partial charge in [0.15, 0.2) is 0 Å². The van der Waals surface area contributed by atoms with Crippen LogP contribution in [0.15, 0.2) is 46.6 Å². The van der Waals surface area contributed by atoms with Crippen LogP contribution in [0.5, 0.6) is 0 Å². The molecule has 2 aromatic rings. The van der Waals surface area contributed by atoms with Crippen molar-refractivity contribution >= 4 is 12.4 Å². The molecule has 0 bridgehead atoms. The third kappa shape index (κ3) is 5.08. The Morgan fingerprint density at radius 3 is 2.00 bits per heavy atom. The minimum atomic E-state index is -0.550. The fraction of sp³-hybridized carbons (Fsp3) is 0.300. The minimum absolute atomic E-state index is 0.0961. The second-order valence-electron chi connectivity index (χ2n) is 5.65. The average Bonchev–Trinajstić information content (AvgIpc) is 2.58. The van der Waals surface area contributed by atoms with Crippen LogP contribution in [-0.2, 0) is 12.8 Å². The number of halogens is 2. The van der Waals surface area contributed by atoms with E-state index in [2.05, 4.69) is 29.3 Å². The first kappa shape index (κ1) is 18.0. The number of unbranched alkanes of at least 4 members (excludes halogenated alkanes) is 1. The van der Waals surface area contributed by atoms with Gasteiger partial charge in [-0.1, -0.05) is 44.5 Å². The molecule has 0 saturated carbocycles. The van der Waals surface area contributed by atoms with Crippen molar-refractivity contribution in [3.05, 3.63) is 70.3 Å². The Morgan fingerprint density at radius 1 is 0.875 bits per heavy atom. The van der Waals surface area contributed by atoms with Gasteiger partial charge in [-0.05, 0) is 42.5 Å². The molecule has 24 heavy (non-hydrogen) atoms. The lowest BCUT2D eigenvalue weighted by Crippen LogP contribution is -1.96. The maximum atomic E-state index is 13.7. The highest BCUT2D eigenvalue weighted by molar-refractivity contribution is 5.82. The molecule has 2 aromatic carbocycles. The van der Waals surface area contributed by atoms with Crippen molar-refractivity contribution in [1.29, 1.82) is 0 Å². The lowest BCUT2D eigenvalue weighted by atomic mass is 10.1. The molecule has 0 aliphatic heterocycles. The van der Waals surface area contributed by atoms with Crippen LogP contribution < -0.4 is 0 Å². The molecule has 0 heterocycles. The van der Waals surface area contributed by atoms with Gasteiger partial charge < -0.3 is 0 Å². The number of nitrogens with zero attached hydrogens (tertiary/aromatic N) is 2. The van der Waals surface area contributed by atoms with E-state index in [1.165, 1.54) is 36.8 Å². The van der Waals surface area contributed by atoms with E-state index in [9.17, 15) is 8.78 Å². The number of rotatable bonds is 7. The van der Waals surface area contributed by atoms with Gasteiger partial charge >= 0.3 is 0 Å². The van der Waals surface area contributed by atoms with Crippen molar-refractivity contribution in [2.24, 2.45) is 10.2 Å². The molecule has 0 N–H and O–H groups in total. The summed E-state index contributed by atoms with van der Waals surface area (Å²) in [5.74, 6) is -1.10. The molecule has 0 aliphatic rings. The van der Waals surface area contributed by atoms with Gasteiger partial charge in [0.2, 0.25) is 0 Å². The Labute approximate surface area is 141 Å². The topological polar surface area (TPSA) is 24.7 Å². The van der Waals surface area contributed by atoms with Gasteiger partial charge in [0.1, 0.15) is 11.6 Å². The van der Waals surface area contributed by atoms with Crippen molar-refractivity contribution < 1.29 is 8.78 Å². The van der Waals surface area contributed by atoms with E-state index in [1.807, 2.05) is 12.1 Å². The van der Waals surface area contributed by atoms with E-state index in [4.69, 9.17) is 0 Å². The Balaban J connectivity index is 1.99. The lowest BCUT2D eigenvalue weighted by molar-refractivity contribution is 0.558. The highest BCUT2D eigenvalue weighted by Gasteiger charge is 2.08. The molecule has 0 unspecified atom stereocenters. The molecule has 2 nitrogen and oxygen atoms in total. The van der Waals surface area contributed by atoms with E-state index in [-0.39, 0.29) is 5.56 Å². The molecule has 0 spiro atoms. The predicted octanol–water partition coefficient (Wildman–Crippen LogP) is 5.32. The fourth-order valence-electron chi connectivity index (χ4n) is 2.39. The largest absolute Gasteiger partial charge is 0.207 e. The first-order valence-corrected chi connectivity index (χ1v) is 8.27. The highest BCUT2D eigenvalue weighted by Crippen LogP contribution is 2.15. The quantitative estimate of drug-likeness (QED) is 0.485. The number of benzene rings is 2. The van der Waals surface area contributed by atoms with Gasteiger partial charge in [-0.15, -0.1) is 0 Å². The van der Waals surface area contributed by atoms with Crippen molar-refractivity contribution in [3.63, 3.8) is 0 Å². The fourth-order valence-corrected chi connectivity index (χ4v) is 2.39. The Hall–Kier alpha value is -2.36. The van der Waals surface area contributed by atoms with Crippen LogP contribution in [-0.4, -0.2) is 12.4 Å². The molecule has 0 aliphatic carbocycles. The maximum Gasteiger partial charge on any atom is 0.129 e. The second-order valence-corrected chi connectivity index (χ2v) is 5.65. The average molecular weight is 328 g/mol. The minimum Gasteiger partial charge on any atom is -0.207 e. The van der Waals surface area contributed by atoms with E-state index >= 15 is 0 Å². The van der Waals surface area contributed by atoms with E-state index in [0.29, 0.717) is 12.0 Å². The zero-order valence-corrected chi connectivity index (χ0v) is 14.1. The summed E-state index contributed by atoms with van der Waals surface area (Å²) in [5.41, 5.74) is 2.69. The van der Waals surface area contributed by atoms with Crippen LogP contribution in [0.25, 0.3) is 0 Å². The van der Waals surface area contributed by atoms with Crippen LogP contribution in [0.4, 0.5) is 8.78 Å². The normalized spacial score (nSPS) is 11.7. The van der Waals surface area contributed by atoms with Crippen LogP contribution in [0, 0.1) is 11.6 Å². The van der Waals surface area contributed by atoms with Crippen molar-refractivity contribution in [1.82, 2.24) is 0 Å². The summed E-state index contributed by atoms with van der Waals surface area (Å²) in [6.45, 7) is 3.89. The summed E-state index contributed by atoms with van der Waals surface area (Å²) in [4.78, 5) is 0. The van der Waals surface area contributed by atoms with Gasteiger partial charge in [0.05, 0.1) is 12.4 Å². The lowest BCUT2D eigenvalue weighted by Gasteiger charge is -2.02. The summed E-state index contributed by atoms with van der Waals surface area (Å²) in [5, 5.41) is 7.79. The van der Waals surface area contributed by atoms with Gasteiger partial charge in [0.25, 0.3) is 0 Å². The summed E-state index contributed by atoms with van der Waals surface area (Å²) < 4.78 is 27.3. The maximum absolute atomic E-state index is 13.7. The molecule has 0 fully saturated rings. The standard InChI is InChI=1S/C20H22F2N2/c1-3-5-6-15-7-9-16(10-8-15)13-23-24-14-17-11-19(21)18(4-2)20(22)12-17/h7-14H,3-6H2,1-2H3/b23-13+,24-14+. The molecule has 4 heteroatoms. The molecular formula is C20H22F2N2. The molecule has 0 amide bonds. The molecule has 126 valence electrons. The van der Waals surface area contributed by atoms with Crippen LogP contribution in [0.2, 0.25) is 0 Å². The molecule has 0 aromatic heterocycles. The van der Waals surface area contributed by atoms with Crippen LogP contribution in [0.3, 0.4) is 0 Å². The Bertz CT molecular complexity index is 696. The van der Waals surface area contributed by atoms with Gasteiger partial charge in [0, 0.05) is 11.1 Å². The molecule has 0 radical (unpaired) electrons. The molecular weight excluding hydrogens is 306 g/mol. The zero-order valence-electron chi connectivity index (χ0n) is 14.1. The van der Waals surface area contributed by atoms with E-state index < -0.39 is 11.6 Å². The molecule has 0 atom stereocenters. The third-order valence-corrected chi connectivity index (χ3v) is 3.80. The van der Waals surface area contributed by atoms with E-state index in [0.717, 1.165) is 12.0 Å². The summed E-state index contributed by atoms with van der Waals surface area (Å²) in [7, 11) is 0. The van der Waals surface area contributed by atoms with Gasteiger partial charge in [-0.2, -0.15) is 10.2 Å². The number of hydrogen-bond donors (Lipinski definition) is 0. The Kier molecular flexibility index (Phi) is 6.79. The first-order chi connectivity index (χ1) is 11.6. The summed E-state index contributed by atoms with van der Waals surface area (Å²) >= 11 is 0. The van der Waals surface area contributed by atoms with E-state index in [1.54, 1.807) is 13.1 Å². The second kappa shape index (κ2) is 9.06. The first-order valence-electron chi connectivity index (χ1n) is 8.27. The van der Waals surface area contributed by atoms with Crippen LogP contribution >= 0.6 is 0 Å².